The van der Waals surface area contributed by atoms with Gasteiger partial charge in [-0.3, -0.25) is 4.79 Å². The Bertz CT molecular complexity index is 734. The van der Waals surface area contributed by atoms with Gasteiger partial charge in [-0.15, -0.1) is 0 Å². The molecule has 0 aliphatic carbocycles. The number of nitrogens with one attached hydrogen (secondary N) is 1. The van der Waals surface area contributed by atoms with Gasteiger partial charge in [-0.2, -0.15) is 0 Å². The second kappa shape index (κ2) is 8.14. The minimum Gasteiger partial charge on any atom is -0.504 e. The van der Waals surface area contributed by atoms with Gasteiger partial charge in [0.2, 0.25) is 5.75 Å². The predicted octanol–water partition coefficient (Wildman–Crippen LogP) is 2.36. The molecule has 0 aromatic heterocycles. The molecule has 0 saturated heterocycles. The highest BCUT2D eigenvalue weighted by Crippen LogP contribution is 2.38. The molecule has 2 aromatic carbocycles. The van der Waals surface area contributed by atoms with Gasteiger partial charge in [0, 0.05) is 12.1 Å². The first-order chi connectivity index (χ1) is 12.0. The molecule has 0 saturated carbocycles. The van der Waals surface area contributed by atoms with E-state index in [0.29, 0.717) is 28.6 Å². The molecule has 0 bridgehead atoms. The summed E-state index contributed by atoms with van der Waals surface area (Å²) in [4.78, 5) is 12.4. The summed E-state index contributed by atoms with van der Waals surface area (Å²) in [6, 6.07) is 8.03. The minimum atomic E-state index is -0.300. The number of ether oxygens (including phenoxy) is 4. The van der Waals surface area contributed by atoms with Crippen LogP contribution in [0, 0.1) is 0 Å². The van der Waals surface area contributed by atoms with Gasteiger partial charge in [-0.25, -0.2) is 0 Å². The summed E-state index contributed by atoms with van der Waals surface area (Å²) < 4.78 is 20.8. The number of rotatable bonds is 7. The van der Waals surface area contributed by atoms with Crippen LogP contribution in [0.5, 0.6) is 28.7 Å². The molecule has 0 atom stereocenters. The first-order valence-corrected chi connectivity index (χ1v) is 7.48. The Hall–Kier alpha value is -3.09. The molecular weight excluding hydrogens is 326 g/mol. The third kappa shape index (κ3) is 4.06. The van der Waals surface area contributed by atoms with Crippen LogP contribution in [0.3, 0.4) is 0 Å². The zero-order chi connectivity index (χ0) is 18.4. The Labute approximate surface area is 146 Å². The lowest BCUT2D eigenvalue weighted by molar-refractivity contribution is 0.0950. The van der Waals surface area contributed by atoms with Crippen molar-refractivity contribution in [3.05, 3.63) is 41.5 Å². The van der Waals surface area contributed by atoms with Gasteiger partial charge < -0.3 is 29.4 Å². The van der Waals surface area contributed by atoms with E-state index in [-0.39, 0.29) is 18.2 Å². The van der Waals surface area contributed by atoms with Gasteiger partial charge in [0.05, 0.1) is 28.4 Å². The molecule has 1 amide bonds. The van der Waals surface area contributed by atoms with Crippen LogP contribution in [0.4, 0.5) is 0 Å². The minimum absolute atomic E-state index is 0.0437. The molecule has 0 aliphatic heterocycles. The largest absolute Gasteiger partial charge is 0.504 e. The predicted molar refractivity (Wildman–Crippen MR) is 91.9 cm³/mol. The fourth-order valence-electron chi connectivity index (χ4n) is 2.33. The summed E-state index contributed by atoms with van der Waals surface area (Å²) in [7, 11) is 5.94. The number of methoxy groups -OCH3 is 4. The number of carbonyl (C=O) groups is 1. The molecule has 134 valence electrons. The highest BCUT2D eigenvalue weighted by molar-refractivity contribution is 5.95. The molecule has 0 radical (unpaired) electrons. The summed E-state index contributed by atoms with van der Waals surface area (Å²) in [6.45, 7) is 0.270. The van der Waals surface area contributed by atoms with E-state index in [1.165, 1.54) is 34.5 Å². The molecule has 0 unspecified atom stereocenters. The quantitative estimate of drug-likeness (QED) is 0.800. The van der Waals surface area contributed by atoms with Crippen LogP contribution in [-0.2, 0) is 6.54 Å². The second-order valence-electron chi connectivity index (χ2n) is 5.10. The third-order valence-corrected chi connectivity index (χ3v) is 3.62. The molecule has 0 spiro atoms. The molecule has 2 N–H and O–H groups in total. The van der Waals surface area contributed by atoms with Crippen molar-refractivity contribution in [3.8, 4) is 28.7 Å². The van der Waals surface area contributed by atoms with Crippen molar-refractivity contribution < 1.29 is 28.8 Å². The number of hydrogen-bond acceptors (Lipinski definition) is 6. The van der Waals surface area contributed by atoms with Crippen molar-refractivity contribution in [2.45, 2.75) is 6.54 Å². The second-order valence-corrected chi connectivity index (χ2v) is 5.10. The van der Waals surface area contributed by atoms with Crippen LogP contribution >= 0.6 is 0 Å². The smallest absolute Gasteiger partial charge is 0.251 e. The first-order valence-electron chi connectivity index (χ1n) is 7.48. The number of carbonyl (C=O) groups excluding carboxylic acids is 1. The molecule has 2 rings (SSSR count). The van der Waals surface area contributed by atoms with Crippen LogP contribution in [0.2, 0.25) is 0 Å². The van der Waals surface area contributed by atoms with Crippen molar-refractivity contribution >= 4 is 5.91 Å². The number of hydrogen-bond donors (Lipinski definition) is 2. The fraction of sp³-hybridized carbons (Fsp3) is 0.278. The van der Waals surface area contributed by atoms with E-state index in [0.717, 1.165) is 5.56 Å². The van der Waals surface area contributed by atoms with Gasteiger partial charge in [-0.05, 0) is 29.8 Å². The van der Waals surface area contributed by atoms with Crippen molar-refractivity contribution in [3.63, 3.8) is 0 Å². The van der Waals surface area contributed by atoms with Crippen LogP contribution < -0.4 is 24.3 Å². The molecule has 0 aliphatic rings. The normalized spacial score (nSPS) is 10.1. The van der Waals surface area contributed by atoms with Crippen molar-refractivity contribution in [2.75, 3.05) is 28.4 Å². The summed E-state index contributed by atoms with van der Waals surface area (Å²) in [5.41, 5.74) is 1.16. The maximum atomic E-state index is 12.4. The van der Waals surface area contributed by atoms with E-state index < -0.39 is 0 Å². The average molecular weight is 347 g/mol. The highest BCUT2D eigenvalue weighted by Gasteiger charge is 2.17. The summed E-state index contributed by atoms with van der Waals surface area (Å²) >= 11 is 0. The lowest BCUT2D eigenvalue weighted by Crippen LogP contribution is -2.23. The number of amides is 1. The topological polar surface area (TPSA) is 86.3 Å². The first kappa shape index (κ1) is 18.3. The van der Waals surface area contributed by atoms with Crippen molar-refractivity contribution in [1.82, 2.24) is 5.32 Å². The van der Waals surface area contributed by atoms with Crippen LogP contribution in [0.1, 0.15) is 15.9 Å². The SMILES string of the molecule is COc1cc(CNC(=O)c2cc(OC)c(OC)c(OC)c2)ccc1O. The van der Waals surface area contributed by atoms with E-state index in [1.54, 1.807) is 24.3 Å². The molecular formula is C18H21NO6. The van der Waals surface area contributed by atoms with Gasteiger partial charge >= 0.3 is 0 Å². The van der Waals surface area contributed by atoms with Crippen LogP contribution in [0.25, 0.3) is 0 Å². The average Bonchev–Trinajstić information content (AvgIpc) is 2.65. The summed E-state index contributed by atoms with van der Waals surface area (Å²) in [5.74, 6) is 1.31. The van der Waals surface area contributed by atoms with E-state index in [9.17, 15) is 9.90 Å². The Balaban J connectivity index is 2.18. The van der Waals surface area contributed by atoms with Gasteiger partial charge in [0.1, 0.15) is 0 Å². The molecule has 25 heavy (non-hydrogen) atoms. The van der Waals surface area contributed by atoms with Crippen molar-refractivity contribution in [2.24, 2.45) is 0 Å². The van der Waals surface area contributed by atoms with E-state index in [2.05, 4.69) is 5.32 Å². The molecule has 0 fully saturated rings. The zero-order valence-corrected chi connectivity index (χ0v) is 14.6. The van der Waals surface area contributed by atoms with Gasteiger partial charge in [0.15, 0.2) is 23.0 Å². The lowest BCUT2D eigenvalue weighted by atomic mass is 10.1. The maximum Gasteiger partial charge on any atom is 0.251 e. The number of aromatic hydroxyl groups is 1. The highest BCUT2D eigenvalue weighted by atomic mass is 16.5. The number of phenolic OH excluding ortho intramolecular Hbond substituents is 1. The monoisotopic (exact) mass is 347 g/mol. The standard InChI is InChI=1S/C18H21NO6/c1-22-14-7-11(5-6-13(14)20)10-19-18(21)12-8-15(23-2)17(25-4)16(9-12)24-3/h5-9,20H,10H2,1-4H3,(H,19,21). The van der Waals surface area contributed by atoms with Crippen molar-refractivity contribution in [1.29, 1.82) is 0 Å². The summed E-state index contributed by atoms with van der Waals surface area (Å²) in [6.07, 6.45) is 0. The molecule has 7 heteroatoms. The maximum absolute atomic E-state index is 12.4. The Morgan fingerprint density at radius 3 is 2.04 bits per heavy atom. The molecule has 7 nitrogen and oxygen atoms in total. The lowest BCUT2D eigenvalue weighted by Gasteiger charge is -2.14. The summed E-state index contributed by atoms with van der Waals surface area (Å²) in [5, 5.41) is 12.4. The van der Waals surface area contributed by atoms with Gasteiger partial charge in [0.25, 0.3) is 5.91 Å². The Morgan fingerprint density at radius 2 is 1.52 bits per heavy atom. The number of benzene rings is 2. The third-order valence-electron chi connectivity index (χ3n) is 3.62. The molecule has 2 aromatic rings. The Morgan fingerprint density at radius 1 is 0.920 bits per heavy atom. The molecule has 0 heterocycles. The zero-order valence-electron chi connectivity index (χ0n) is 14.6. The van der Waals surface area contributed by atoms with E-state index in [1.807, 2.05) is 0 Å². The van der Waals surface area contributed by atoms with Crippen LogP contribution in [-0.4, -0.2) is 39.5 Å². The number of phenols is 1. The van der Waals surface area contributed by atoms with Gasteiger partial charge in [-0.1, -0.05) is 6.07 Å². The van der Waals surface area contributed by atoms with Crippen LogP contribution in [0.15, 0.2) is 30.3 Å². The Kier molecular flexibility index (Phi) is 5.94. The fourth-order valence-corrected chi connectivity index (χ4v) is 2.33. The van der Waals surface area contributed by atoms with E-state index >= 15 is 0 Å². The van der Waals surface area contributed by atoms with E-state index in [4.69, 9.17) is 18.9 Å².